The standard InChI is InChI=1S/C20H20IN/c21-19-17-13-7-8-14-18(17)22(16-11-5-2-6-12-16)20(19)15-9-3-1-4-10-15/h1,3-4,7-10,13-14,16H,2,5-6,11-12H2. The Kier molecular flexibility index (Phi) is 3.95. The highest BCUT2D eigenvalue weighted by molar-refractivity contribution is 14.1. The van der Waals surface area contributed by atoms with Crippen molar-refractivity contribution in [3.05, 3.63) is 58.2 Å². The number of rotatable bonds is 2. The summed E-state index contributed by atoms with van der Waals surface area (Å²) < 4.78 is 4.02. The van der Waals surface area contributed by atoms with E-state index in [1.807, 2.05) is 0 Å². The Bertz CT molecular complexity index is 782. The van der Waals surface area contributed by atoms with Gasteiger partial charge < -0.3 is 4.57 Å². The van der Waals surface area contributed by atoms with Crippen LogP contribution in [0.4, 0.5) is 0 Å². The number of aromatic nitrogens is 1. The van der Waals surface area contributed by atoms with E-state index in [0.717, 1.165) is 0 Å². The maximum absolute atomic E-state index is 2.63. The molecule has 1 aromatic heterocycles. The Labute approximate surface area is 145 Å². The van der Waals surface area contributed by atoms with Crippen LogP contribution in [-0.2, 0) is 0 Å². The number of hydrogen-bond donors (Lipinski definition) is 0. The number of para-hydroxylation sites is 1. The number of halogens is 1. The van der Waals surface area contributed by atoms with Crippen molar-refractivity contribution in [1.82, 2.24) is 4.57 Å². The van der Waals surface area contributed by atoms with Gasteiger partial charge in [-0.15, -0.1) is 0 Å². The summed E-state index contributed by atoms with van der Waals surface area (Å²) in [4.78, 5) is 0. The fraction of sp³-hybridized carbons (Fsp3) is 0.300. The zero-order valence-electron chi connectivity index (χ0n) is 12.6. The van der Waals surface area contributed by atoms with Crippen molar-refractivity contribution < 1.29 is 0 Å². The summed E-state index contributed by atoms with van der Waals surface area (Å²) in [6.45, 7) is 0. The second-order valence-electron chi connectivity index (χ2n) is 6.21. The lowest BCUT2D eigenvalue weighted by Crippen LogP contribution is -2.13. The van der Waals surface area contributed by atoms with E-state index in [1.54, 1.807) is 0 Å². The van der Waals surface area contributed by atoms with Crippen LogP contribution >= 0.6 is 22.6 Å². The highest BCUT2D eigenvalue weighted by Crippen LogP contribution is 2.40. The first-order valence-corrected chi connectivity index (χ1v) is 9.28. The number of nitrogens with zero attached hydrogens (tertiary/aromatic N) is 1. The normalized spacial score (nSPS) is 16.2. The molecule has 0 amide bonds. The van der Waals surface area contributed by atoms with Crippen molar-refractivity contribution in [3.8, 4) is 11.3 Å². The molecule has 1 aliphatic rings. The first-order valence-electron chi connectivity index (χ1n) is 8.20. The molecule has 1 fully saturated rings. The van der Waals surface area contributed by atoms with E-state index in [4.69, 9.17) is 0 Å². The molecule has 0 spiro atoms. The van der Waals surface area contributed by atoms with Gasteiger partial charge in [-0.2, -0.15) is 0 Å². The van der Waals surface area contributed by atoms with Crippen molar-refractivity contribution in [1.29, 1.82) is 0 Å². The van der Waals surface area contributed by atoms with Gasteiger partial charge in [0.25, 0.3) is 0 Å². The largest absolute Gasteiger partial charge is 0.336 e. The van der Waals surface area contributed by atoms with Crippen LogP contribution in [0.15, 0.2) is 54.6 Å². The second-order valence-corrected chi connectivity index (χ2v) is 7.29. The van der Waals surface area contributed by atoms with Gasteiger partial charge >= 0.3 is 0 Å². The molecule has 2 aromatic carbocycles. The second kappa shape index (κ2) is 6.07. The summed E-state index contributed by atoms with van der Waals surface area (Å²) in [5.74, 6) is 0. The summed E-state index contributed by atoms with van der Waals surface area (Å²) >= 11 is 2.54. The van der Waals surface area contributed by atoms with Crippen molar-refractivity contribution in [2.75, 3.05) is 0 Å². The minimum Gasteiger partial charge on any atom is -0.336 e. The van der Waals surface area contributed by atoms with Crippen LogP contribution in [-0.4, -0.2) is 4.57 Å². The highest BCUT2D eigenvalue weighted by atomic mass is 127. The molecule has 0 unspecified atom stereocenters. The molecule has 0 atom stereocenters. The van der Waals surface area contributed by atoms with Gasteiger partial charge in [-0.05, 0) is 47.1 Å². The van der Waals surface area contributed by atoms with E-state index in [-0.39, 0.29) is 0 Å². The quantitative estimate of drug-likeness (QED) is 0.437. The predicted molar refractivity (Wildman–Crippen MR) is 102 cm³/mol. The number of benzene rings is 2. The molecule has 2 heteroatoms. The predicted octanol–water partition coefficient (Wildman–Crippen LogP) is 6.42. The van der Waals surface area contributed by atoms with Crippen LogP contribution in [0, 0.1) is 3.57 Å². The molecular weight excluding hydrogens is 381 g/mol. The molecule has 1 heterocycles. The molecule has 1 nitrogen and oxygen atoms in total. The molecule has 112 valence electrons. The Morgan fingerprint density at radius 2 is 1.50 bits per heavy atom. The third kappa shape index (κ3) is 2.37. The lowest BCUT2D eigenvalue weighted by molar-refractivity contribution is 0.363. The van der Waals surface area contributed by atoms with Crippen molar-refractivity contribution >= 4 is 33.5 Å². The average molecular weight is 401 g/mol. The summed E-state index contributed by atoms with van der Waals surface area (Å²) in [5, 5.41) is 1.40. The highest BCUT2D eigenvalue weighted by Gasteiger charge is 2.23. The van der Waals surface area contributed by atoms with Gasteiger partial charge in [-0.3, -0.25) is 0 Å². The van der Waals surface area contributed by atoms with Gasteiger partial charge in [0.05, 0.1) is 5.69 Å². The molecule has 0 saturated heterocycles. The molecule has 3 aromatic rings. The molecular formula is C20H20IN. The molecule has 4 rings (SSSR count). The molecule has 22 heavy (non-hydrogen) atoms. The van der Waals surface area contributed by atoms with Crippen LogP contribution < -0.4 is 0 Å². The van der Waals surface area contributed by atoms with Gasteiger partial charge in [0, 0.05) is 20.5 Å². The van der Waals surface area contributed by atoms with E-state index in [9.17, 15) is 0 Å². The maximum Gasteiger partial charge on any atom is 0.0629 e. The van der Waals surface area contributed by atoms with Gasteiger partial charge in [-0.25, -0.2) is 0 Å². The Morgan fingerprint density at radius 3 is 2.27 bits per heavy atom. The maximum atomic E-state index is 2.63. The third-order valence-electron chi connectivity index (χ3n) is 4.84. The van der Waals surface area contributed by atoms with Gasteiger partial charge in [0.15, 0.2) is 0 Å². The third-order valence-corrected chi connectivity index (χ3v) is 5.93. The van der Waals surface area contributed by atoms with E-state index in [2.05, 4.69) is 81.8 Å². The lowest BCUT2D eigenvalue weighted by Gasteiger charge is -2.26. The van der Waals surface area contributed by atoms with Crippen molar-refractivity contribution in [3.63, 3.8) is 0 Å². The fourth-order valence-electron chi connectivity index (χ4n) is 3.80. The van der Waals surface area contributed by atoms with Crippen molar-refractivity contribution in [2.24, 2.45) is 0 Å². The Morgan fingerprint density at radius 1 is 0.818 bits per heavy atom. The van der Waals surface area contributed by atoms with E-state index in [1.165, 1.54) is 57.8 Å². The molecule has 0 aliphatic heterocycles. The van der Waals surface area contributed by atoms with Crippen molar-refractivity contribution in [2.45, 2.75) is 38.1 Å². The first-order chi connectivity index (χ1) is 10.9. The van der Waals surface area contributed by atoms with Crippen LogP contribution in [0.3, 0.4) is 0 Å². The topological polar surface area (TPSA) is 4.93 Å². The number of hydrogen-bond acceptors (Lipinski definition) is 0. The van der Waals surface area contributed by atoms with Gasteiger partial charge in [0.1, 0.15) is 0 Å². The lowest BCUT2D eigenvalue weighted by atomic mass is 9.94. The monoisotopic (exact) mass is 401 g/mol. The van der Waals surface area contributed by atoms with Crippen LogP contribution in [0.25, 0.3) is 22.2 Å². The zero-order chi connectivity index (χ0) is 14.9. The molecule has 0 radical (unpaired) electrons. The van der Waals surface area contributed by atoms with Crippen LogP contribution in [0.5, 0.6) is 0 Å². The Balaban J connectivity index is 1.99. The van der Waals surface area contributed by atoms with Crippen LogP contribution in [0.1, 0.15) is 38.1 Å². The zero-order valence-corrected chi connectivity index (χ0v) is 14.8. The Hall–Kier alpha value is -1.29. The minimum absolute atomic E-state index is 0.650. The van der Waals surface area contributed by atoms with E-state index < -0.39 is 0 Å². The molecule has 0 bridgehead atoms. The smallest absolute Gasteiger partial charge is 0.0629 e. The van der Waals surface area contributed by atoms with Gasteiger partial charge in [-0.1, -0.05) is 67.8 Å². The van der Waals surface area contributed by atoms with E-state index in [0.29, 0.717) is 6.04 Å². The minimum atomic E-state index is 0.650. The molecule has 1 aliphatic carbocycles. The summed E-state index contributed by atoms with van der Waals surface area (Å²) in [7, 11) is 0. The average Bonchev–Trinajstić information content (AvgIpc) is 2.90. The van der Waals surface area contributed by atoms with Gasteiger partial charge in [0.2, 0.25) is 0 Å². The SMILES string of the molecule is Ic1c(-c2ccccc2)n(C2CCCCC2)c2ccccc12. The van der Waals surface area contributed by atoms with Crippen LogP contribution in [0.2, 0.25) is 0 Å². The fourth-order valence-corrected chi connectivity index (χ4v) is 4.83. The molecule has 0 N–H and O–H groups in total. The van der Waals surface area contributed by atoms with E-state index >= 15 is 0 Å². The first kappa shape index (κ1) is 14.3. The summed E-state index contributed by atoms with van der Waals surface area (Å²) in [6.07, 6.45) is 6.75. The summed E-state index contributed by atoms with van der Waals surface area (Å²) in [6, 6.07) is 20.4. The molecule has 1 saturated carbocycles. The summed E-state index contributed by atoms with van der Waals surface area (Å²) in [5.41, 5.74) is 4.15. The number of fused-ring (bicyclic) bond motifs is 1.